The number of carbonyl (C=O) groups excluding carboxylic acids is 2. The summed E-state index contributed by atoms with van der Waals surface area (Å²) < 4.78 is 2.05. The Balaban J connectivity index is 1.65. The van der Waals surface area contributed by atoms with E-state index in [1.807, 2.05) is 16.7 Å². The number of pyridine rings is 1. The van der Waals surface area contributed by atoms with Crippen molar-refractivity contribution < 1.29 is 9.59 Å². The first-order chi connectivity index (χ1) is 12.2. The smallest absolute Gasteiger partial charge is 0.321 e. The van der Waals surface area contributed by atoms with Crippen LogP contribution in [0.25, 0.3) is 11.4 Å². The summed E-state index contributed by atoms with van der Waals surface area (Å²) in [5, 5.41) is 13.9. The van der Waals surface area contributed by atoms with Crippen LogP contribution < -0.4 is 10.6 Å². The number of hydrogen-bond donors (Lipinski definition) is 2. The molecule has 1 saturated carbocycles. The number of carbonyl (C=O) groups is 2. The number of nitrogens with one attached hydrogen (secondary N) is 2. The van der Waals surface area contributed by atoms with Gasteiger partial charge in [-0.25, -0.2) is 4.79 Å². The number of amides is 3. The maximum Gasteiger partial charge on any atom is 0.321 e. The Labute approximate surface area is 149 Å². The van der Waals surface area contributed by atoms with E-state index in [2.05, 4.69) is 32.4 Å². The van der Waals surface area contributed by atoms with Crippen LogP contribution in [0, 0.1) is 0 Å². The molecular weight excluding hydrogens is 340 g/mol. The van der Waals surface area contributed by atoms with E-state index < -0.39 is 6.03 Å². The summed E-state index contributed by atoms with van der Waals surface area (Å²) in [7, 11) is 0. The molecule has 130 valence electrons. The molecule has 1 fully saturated rings. The van der Waals surface area contributed by atoms with Gasteiger partial charge in [0.2, 0.25) is 5.91 Å². The Kier molecular flexibility index (Phi) is 5.44. The van der Waals surface area contributed by atoms with Crippen molar-refractivity contribution in [1.29, 1.82) is 0 Å². The average molecular weight is 358 g/mol. The van der Waals surface area contributed by atoms with Gasteiger partial charge < -0.3 is 5.32 Å². The van der Waals surface area contributed by atoms with Crippen LogP contribution in [0.5, 0.6) is 0 Å². The molecule has 3 amide bonds. The second-order valence-corrected chi connectivity index (χ2v) is 6.43. The zero-order valence-corrected chi connectivity index (χ0v) is 14.3. The van der Waals surface area contributed by atoms with Crippen LogP contribution >= 0.6 is 11.8 Å². The summed E-state index contributed by atoms with van der Waals surface area (Å²) in [6.45, 7) is 3.80. The molecule has 0 bridgehead atoms. The number of hydrogen-bond acceptors (Lipinski definition) is 6. The van der Waals surface area contributed by atoms with E-state index in [4.69, 9.17) is 0 Å². The average Bonchev–Trinajstić information content (AvgIpc) is 3.38. The largest absolute Gasteiger partial charge is 0.334 e. The van der Waals surface area contributed by atoms with Crippen molar-refractivity contribution in [3.05, 3.63) is 37.2 Å². The Hall–Kier alpha value is -2.68. The first-order valence-electron chi connectivity index (χ1n) is 7.85. The number of aromatic nitrogens is 4. The van der Waals surface area contributed by atoms with E-state index >= 15 is 0 Å². The van der Waals surface area contributed by atoms with Crippen molar-refractivity contribution in [1.82, 2.24) is 30.4 Å². The molecule has 1 aliphatic carbocycles. The van der Waals surface area contributed by atoms with Gasteiger partial charge in [0.05, 0.1) is 5.75 Å². The van der Waals surface area contributed by atoms with E-state index in [1.54, 1.807) is 12.4 Å². The Morgan fingerprint density at radius 1 is 1.40 bits per heavy atom. The molecule has 2 heterocycles. The molecule has 0 aromatic carbocycles. The van der Waals surface area contributed by atoms with Crippen LogP contribution in [-0.4, -0.2) is 44.0 Å². The lowest BCUT2D eigenvalue weighted by atomic mass is 10.3. The van der Waals surface area contributed by atoms with E-state index in [9.17, 15) is 9.59 Å². The normalized spacial score (nSPS) is 13.3. The predicted octanol–water partition coefficient (Wildman–Crippen LogP) is 1.78. The summed E-state index contributed by atoms with van der Waals surface area (Å²) in [5.41, 5.74) is 0.891. The van der Waals surface area contributed by atoms with E-state index in [1.165, 1.54) is 17.8 Å². The third-order valence-electron chi connectivity index (χ3n) is 3.49. The van der Waals surface area contributed by atoms with E-state index in [0.717, 1.165) is 24.2 Å². The SMILES string of the molecule is C=CCNC(=O)NC(=O)CSc1nnc(-c2cccnc2)n1C1CC1. The monoisotopic (exact) mass is 358 g/mol. The minimum absolute atomic E-state index is 0.0827. The molecule has 0 saturated heterocycles. The van der Waals surface area contributed by atoms with Gasteiger partial charge in [-0.05, 0) is 25.0 Å². The standard InChI is InChI=1S/C16H18N6O2S/c1-2-7-18-15(24)19-13(23)10-25-16-21-20-14(22(16)12-5-6-12)11-4-3-8-17-9-11/h2-4,8-9,12H,1,5-7,10H2,(H2,18,19,23,24). The molecular formula is C16H18N6O2S. The van der Waals surface area contributed by atoms with Crippen molar-refractivity contribution in [3.63, 3.8) is 0 Å². The van der Waals surface area contributed by atoms with Gasteiger partial charge in [0, 0.05) is 30.5 Å². The fraction of sp³-hybridized carbons (Fsp3) is 0.312. The highest BCUT2D eigenvalue weighted by Crippen LogP contribution is 2.40. The van der Waals surface area contributed by atoms with E-state index in [-0.39, 0.29) is 11.7 Å². The van der Waals surface area contributed by atoms with Gasteiger partial charge in [-0.15, -0.1) is 16.8 Å². The van der Waals surface area contributed by atoms with Crippen LogP contribution in [0.3, 0.4) is 0 Å². The Bertz CT molecular complexity index is 772. The Morgan fingerprint density at radius 2 is 2.24 bits per heavy atom. The molecule has 25 heavy (non-hydrogen) atoms. The fourth-order valence-electron chi connectivity index (χ4n) is 2.23. The van der Waals surface area contributed by atoms with Crippen LogP contribution in [-0.2, 0) is 4.79 Å². The summed E-state index contributed by atoms with van der Waals surface area (Å²) in [4.78, 5) is 27.5. The van der Waals surface area contributed by atoms with Gasteiger partial charge >= 0.3 is 6.03 Å². The highest BCUT2D eigenvalue weighted by Gasteiger charge is 2.30. The molecule has 0 aliphatic heterocycles. The van der Waals surface area contributed by atoms with Crippen molar-refractivity contribution in [2.45, 2.75) is 24.0 Å². The van der Waals surface area contributed by atoms with Crippen LogP contribution in [0.15, 0.2) is 42.3 Å². The molecule has 3 rings (SSSR count). The molecule has 8 nitrogen and oxygen atoms in total. The van der Waals surface area contributed by atoms with Crippen molar-refractivity contribution in [2.24, 2.45) is 0 Å². The topological polar surface area (TPSA) is 102 Å². The third kappa shape index (κ3) is 4.44. The van der Waals surface area contributed by atoms with Gasteiger partial charge in [0.1, 0.15) is 0 Å². The highest BCUT2D eigenvalue weighted by atomic mass is 32.2. The lowest BCUT2D eigenvalue weighted by molar-refractivity contribution is -0.117. The quantitative estimate of drug-likeness (QED) is 0.578. The lowest BCUT2D eigenvalue weighted by Gasteiger charge is -2.08. The molecule has 0 atom stereocenters. The number of thioether (sulfide) groups is 1. The fourth-order valence-corrected chi connectivity index (χ4v) is 3.04. The molecule has 2 N–H and O–H groups in total. The van der Waals surface area contributed by atoms with Crippen molar-refractivity contribution in [2.75, 3.05) is 12.3 Å². The molecule has 0 unspecified atom stereocenters. The first kappa shape index (κ1) is 17.2. The van der Waals surface area contributed by atoms with Crippen molar-refractivity contribution >= 4 is 23.7 Å². The molecule has 0 radical (unpaired) electrons. The Morgan fingerprint density at radius 3 is 2.92 bits per heavy atom. The van der Waals surface area contributed by atoms with E-state index in [0.29, 0.717) is 17.7 Å². The zero-order chi connectivity index (χ0) is 17.6. The molecule has 2 aromatic rings. The summed E-state index contributed by atoms with van der Waals surface area (Å²) in [5.74, 6) is 0.446. The minimum Gasteiger partial charge on any atom is -0.334 e. The zero-order valence-electron chi connectivity index (χ0n) is 13.5. The van der Waals surface area contributed by atoms with Crippen LogP contribution in [0.1, 0.15) is 18.9 Å². The van der Waals surface area contributed by atoms with Gasteiger partial charge in [-0.3, -0.25) is 19.7 Å². The predicted molar refractivity (Wildman–Crippen MR) is 94.0 cm³/mol. The van der Waals surface area contributed by atoms with Gasteiger partial charge in [-0.2, -0.15) is 0 Å². The first-order valence-corrected chi connectivity index (χ1v) is 8.84. The van der Waals surface area contributed by atoms with Gasteiger partial charge in [-0.1, -0.05) is 17.8 Å². The molecule has 0 spiro atoms. The molecule has 9 heteroatoms. The van der Waals surface area contributed by atoms with Crippen LogP contribution in [0.2, 0.25) is 0 Å². The second-order valence-electron chi connectivity index (χ2n) is 5.48. The number of imide groups is 1. The summed E-state index contributed by atoms with van der Waals surface area (Å²) in [6.07, 6.45) is 7.12. The molecule has 2 aromatic heterocycles. The van der Waals surface area contributed by atoms with Gasteiger partial charge in [0.15, 0.2) is 11.0 Å². The molecule has 1 aliphatic rings. The number of rotatable bonds is 7. The summed E-state index contributed by atoms with van der Waals surface area (Å²) in [6, 6.07) is 3.60. The summed E-state index contributed by atoms with van der Waals surface area (Å²) >= 11 is 1.26. The maximum atomic E-state index is 11.9. The maximum absolute atomic E-state index is 11.9. The van der Waals surface area contributed by atoms with Crippen LogP contribution in [0.4, 0.5) is 4.79 Å². The van der Waals surface area contributed by atoms with Gasteiger partial charge in [0.25, 0.3) is 0 Å². The highest BCUT2D eigenvalue weighted by molar-refractivity contribution is 7.99. The second kappa shape index (κ2) is 7.93. The number of nitrogens with zero attached hydrogens (tertiary/aromatic N) is 4. The lowest BCUT2D eigenvalue weighted by Crippen LogP contribution is -2.40. The van der Waals surface area contributed by atoms with Crippen molar-refractivity contribution in [3.8, 4) is 11.4 Å². The minimum atomic E-state index is -0.537. The number of urea groups is 1. The third-order valence-corrected chi connectivity index (χ3v) is 4.43.